The van der Waals surface area contributed by atoms with E-state index in [1.807, 2.05) is 31.2 Å². The summed E-state index contributed by atoms with van der Waals surface area (Å²) in [6, 6.07) is 7.52. The van der Waals surface area contributed by atoms with Crippen molar-refractivity contribution in [1.82, 2.24) is 9.78 Å². The van der Waals surface area contributed by atoms with Crippen molar-refractivity contribution >= 4 is 29.1 Å². The molecule has 18 heavy (non-hydrogen) atoms. The SMILES string of the molecule is CCn1cc(C(=O)CSc2ccccc2Cl)cn1. The molecule has 0 bridgehead atoms. The minimum atomic E-state index is 0.0691. The van der Waals surface area contributed by atoms with Gasteiger partial charge in [-0.25, -0.2) is 0 Å². The van der Waals surface area contributed by atoms with Gasteiger partial charge in [0.2, 0.25) is 0 Å². The number of ketones is 1. The zero-order valence-electron chi connectivity index (χ0n) is 9.97. The number of rotatable bonds is 5. The van der Waals surface area contributed by atoms with E-state index < -0.39 is 0 Å². The lowest BCUT2D eigenvalue weighted by Crippen LogP contribution is -2.01. The smallest absolute Gasteiger partial charge is 0.176 e. The first-order chi connectivity index (χ1) is 8.70. The number of aromatic nitrogens is 2. The molecule has 0 saturated carbocycles. The van der Waals surface area contributed by atoms with Crippen molar-refractivity contribution in [3.63, 3.8) is 0 Å². The molecule has 1 aromatic carbocycles. The molecule has 0 aliphatic rings. The second-order valence-electron chi connectivity index (χ2n) is 3.73. The van der Waals surface area contributed by atoms with Crippen LogP contribution in [0.25, 0.3) is 0 Å². The van der Waals surface area contributed by atoms with Crippen molar-refractivity contribution in [1.29, 1.82) is 0 Å². The molecule has 0 aliphatic carbocycles. The van der Waals surface area contributed by atoms with Crippen molar-refractivity contribution in [3.8, 4) is 0 Å². The van der Waals surface area contributed by atoms with E-state index >= 15 is 0 Å². The zero-order valence-corrected chi connectivity index (χ0v) is 11.5. The third-order valence-corrected chi connectivity index (χ3v) is 3.99. The Bertz CT molecular complexity index is 553. The Morgan fingerprint density at radius 2 is 2.22 bits per heavy atom. The molecule has 2 aromatic rings. The first-order valence-electron chi connectivity index (χ1n) is 5.63. The Morgan fingerprint density at radius 3 is 2.89 bits per heavy atom. The summed E-state index contributed by atoms with van der Waals surface area (Å²) in [5, 5.41) is 4.77. The van der Waals surface area contributed by atoms with Gasteiger partial charge in [-0.15, -0.1) is 11.8 Å². The number of carbonyl (C=O) groups is 1. The Kier molecular flexibility index (Phi) is 4.44. The maximum Gasteiger partial charge on any atom is 0.176 e. The summed E-state index contributed by atoms with van der Waals surface area (Å²) in [5.74, 6) is 0.443. The summed E-state index contributed by atoms with van der Waals surface area (Å²) in [6.07, 6.45) is 3.38. The summed E-state index contributed by atoms with van der Waals surface area (Å²) < 4.78 is 1.74. The van der Waals surface area contributed by atoms with E-state index in [9.17, 15) is 4.79 Å². The van der Waals surface area contributed by atoms with Crippen LogP contribution in [0.3, 0.4) is 0 Å². The van der Waals surface area contributed by atoms with Crippen molar-refractivity contribution in [2.24, 2.45) is 0 Å². The number of hydrogen-bond donors (Lipinski definition) is 0. The van der Waals surface area contributed by atoms with Gasteiger partial charge in [-0.05, 0) is 19.1 Å². The highest BCUT2D eigenvalue weighted by Crippen LogP contribution is 2.26. The van der Waals surface area contributed by atoms with E-state index in [0.717, 1.165) is 11.4 Å². The number of Topliss-reactive ketones (excluding diaryl/α,β-unsaturated/α-hetero) is 1. The fraction of sp³-hybridized carbons (Fsp3) is 0.231. The normalized spacial score (nSPS) is 10.6. The lowest BCUT2D eigenvalue weighted by molar-refractivity contribution is 0.102. The van der Waals surface area contributed by atoms with Crippen LogP contribution in [-0.2, 0) is 6.54 Å². The van der Waals surface area contributed by atoms with Crippen LogP contribution in [0, 0.1) is 0 Å². The van der Waals surface area contributed by atoms with Gasteiger partial charge < -0.3 is 0 Å². The lowest BCUT2D eigenvalue weighted by Gasteiger charge is -2.02. The molecule has 0 atom stereocenters. The summed E-state index contributed by atoms with van der Waals surface area (Å²) in [7, 11) is 0. The monoisotopic (exact) mass is 280 g/mol. The molecule has 0 radical (unpaired) electrons. The molecular weight excluding hydrogens is 268 g/mol. The molecule has 0 spiro atoms. The first-order valence-corrected chi connectivity index (χ1v) is 7.00. The number of benzene rings is 1. The van der Waals surface area contributed by atoms with Gasteiger partial charge in [-0.3, -0.25) is 9.48 Å². The number of thioether (sulfide) groups is 1. The zero-order chi connectivity index (χ0) is 13.0. The number of halogens is 1. The lowest BCUT2D eigenvalue weighted by atomic mass is 10.3. The summed E-state index contributed by atoms with van der Waals surface area (Å²) in [5.41, 5.74) is 0.649. The molecular formula is C13H13ClN2OS. The van der Waals surface area contributed by atoms with E-state index in [4.69, 9.17) is 11.6 Å². The molecule has 0 amide bonds. The van der Waals surface area contributed by atoms with Crippen LogP contribution in [0.2, 0.25) is 5.02 Å². The second kappa shape index (κ2) is 6.07. The van der Waals surface area contributed by atoms with Crippen LogP contribution in [-0.4, -0.2) is 21.3 Å². The number of carbonyl (C=O) groups excluding carboxylic acids is 1. The van der Waals surface area contributed by atoms with Crippen LogP contribution < -0.4 is 0 Å². The summed E-state index contributed by atoms with van der Waals surface area (Å²) in [6.45, 7) is 2.75. The van der Waals surface area contributed by atoms with Crippen molar-refractivity contribution in [2.75, 3.05) is 5.75 Å². The first kappa shape index (κ1) is 13.2. The highest BCUT2D eigenvalue weighted by Gasteiger charge is 2.10. The Morgan fingerprint density at radius 1 is 1.44 bits per heavy atom. The average Bonchev–Trinajstić information content (AvgIpc) is 2.86. The number of hydrogen-bond acceptors (Lipinski definition) is 3. The highest BCUT2D eigenvalue weighted by atomic mass is 35.5. The predicted octanol–water partition coefficient (Wildman–Crippen LogP) is 3.53. The minimum Gasteiger partial charge on any atom is -0.293 e. The van der Waals surface area contributed by atoms with Crippen LogP contribution in [0.4, 0.5) is 0 Å². The predicted molar refractivity (Wildman–Crippen MR) is 74.4 cm³/mol. The molecule has 0 N–H and O–H groups in total. The van der Waals surface area contributed by atoms with E-state index in [1.165, 1.54) is 11.8 Å². The summed E-state index contributed by atoms with van der Waals surface area (Å²) in [4.78, 5) is 12.9. The van der Waals surface area contributed by atoms with Gasteiger partial charge in [0, 0.05) is 17.6 Å². The maximum atomic E-state index is 11.9. The highest BCUT2D eigenvalue weighted by molar-refractivity contribution is 8.00. The molecule has 1 heterocycles. The fourth-order valence-corrected chi connectivity index (χ4v) is 2.60. The largest absolute Gasteiger partial charge is 0.293 e. The van der Waals surface area contributed by atoms with E-state index in [1.54, 1.807) is 17.1 Å². The molecule has 3 nitrogen and oxygen atoms in total. The standard InChI is InChI=1S/C13H13ClN2OS/c1-2-16-8-10(7-15-16)12(17)9-18-13-6-4-3-5-11(13)14/h3-8H,2,9H2,1H3. The third-order valence-electron chi connectivity index (χ3n) is 2.47. The average molecular weight is 281 g/mol. The molecule has 0 aliphatic heterocycles. The van der Waals surface area contributed by atoms with Crippen molar-refractivity contribution in [3.05, 3.63) is 47.2 Å². The van der Waals surface area contributed by atoms with Crippen LogP contribution in [0.1, 0.15) is 17.3 Å². The van der Waals surface area contributed by atoms with Gasteiger partial charge >= 0.3 is 0 Å². The molecule has 1 aromatic heterocycles. The van der Waals surface area contributed by atoms with Crippen LogP contribution >= 0.6 is 23.4 Å². The van der Waals surface area contributed by atoms with E-state index in [-0.39, 0.29) is 5.78 Å². The van der Waals surface area contributed by atoms with Gasteiger partial charge in [-0.1, -0.05) is 23.7 Å². The quantitative estimate of drug-likeness (QED) is 0.621. The molecule has 0 fully saturated rings. The van der Waals surface area contributed by atoms with Crippen LogP contribution in [0.5, 0.6) is 0 Å². The van der Waals surface area contributed by atoms with Gasteiger partial charge in [0.15, 0.2) is 5.78 Å². The van der Waals surface area contributed by atoms with Gasteiger partial charge in [0.1, 0.15) is 0 Å². The Balaban J connectivity index is 1.98. The van der Waals surface area contributed by atoms with Crippen molar-refractivity contribution < 1.29 is 4.79 Å². The Hall–Kier alpha value is -1.26. The molecule has 5 heteroatoms. The van der Waals surface area contributed by atoms with E-state index in [2.05, 4.69) is 5.10 Å². The third kappa shape index (κ3) is 3.15. The van der Waals surface area contributed by atoms with Crippen molar-refractivity contribution in [2.45, 2.75) is 18.4 Å². The van der Waals surface area contributed by atoms with Gasteiger partial charge in [0.25, 0.3) is 0 Å². The number of nitrogens with zero attached hydrogens (tertiary/aromatic N) is 2. The summed E-state index contributed by atoms with van der Waals surface area (Å²) >= 11 is 7.48. The van der Waals surface area contributed by atoms with Gasteiger partial charge in [0.05, 0.1) is 22.5 Å². The maximum absolute atomic E-state index is 11.9. The van der Waals surface area contributed by atoms with Gasteiger partial charge in [-0.2, -0.15) is 5.10 Å². The molecule has 2 rings (SSSR count). The fourth-order valence-electron chi connectivity index (χ4n) is 1.47. The topological polar surface area (TPSA) is 34.9 Å². The molecule has 0 unspecified atom stereocenters. The molecule has 94 valence electrons. The van der Waals surface area contributed by atoms with Crippen LogP contribution in [0.15, 0.2) is 41.6 Å². The number of aryl methyl sites for hydroxylation is 1. The Labute approximate surface area is 115 Å². The molecule has 0 saturated heterocycles. The second-order valence-corrected chi connectivity index (χ2v) is 5.15. The minimum absolute atomic E-state index is 0.0691. The van der Waals surface area contributed by atoms with E-state index in [0.29, 0.717) is 16.3 Å².